The number of esters is 1. The predicted molar refractivity (Wildman–Crippen MR) is 71.9 cm³/mol. The van der Waals surface area contributed by atoms with E-state index in [1.165, 1.54) is 12.1 Å². The molecule has 20 heavy (non-hydrogen) atoms. The molecule has 6 heteroatoms. The number of carboxylic acid groups (broad SMARTS) is 2. The summed E-state index contributed by atoms with van der Waals surface area (Å²) in [5, 5.41) is 16.3. The first-order chi connectivity index (χ1) is 9.04. The van der Waals surface area contributed by atoms with Gasteiger partial charge in [0.2, 0.25) is 0 Å². The van der Waals surface area contributed by atoms with Crippen molar-refractivity contribution in [3.8, 4) is 0 Å². The fourth-order valence-electron chi connectivity index (χ4n) is 1.18. The van der Waals surface area contributed by atoms with Crippen molar-refractivity contribution in [2.24, 2.45) is 0 Å². The van der Waals surface area contributed by atoms with Crippen LogP contribution in [0.3, 0.4) is 0 Å². The molecule has 0 spiro atoms. The first-order valence-corrected chi connectivity index (χ1v) is 5.80. The summed E-state index contributed by atoms with van der Waals surface area (Å²) >= 11 is 0. The van der Waals surface area contributed by atoms with Gasteiger partial charge in [-0.05, 0) is 32.9 Å². The summed E-state index contributed by atoms with van der Waals surface area (Å²) < 4.78 is 5.11. The lowest BCUT2D eigenvalue weighted by molar-refractivity contribution is -0.134. The van der Waals surface area contributed by atoms with E-state index >= 15 is 0 Å². The minimum Gasteiger partial charge on any atom is -0.481 e. The number of carboxylic acids is 2. The molecule has 0 unspecified atom stereocenters. The molecule has 0 heterocycles. The maximum Gasteiger partial charge on any atom is 0.339 e. The molecule has 0 saturated heterocycles. The third-order valence-corrected chi connectivity index (χ3v) is 1.78. The van der Waals surface area contributed by atoms with E-state index in [0.717, 1.165) is 6.92 Å². The molecule has 1 aromatic rings. The highest BCUT2D eigenvalue weighted by molar-refractivity contribution is 6.02. The molecule has 0 saturated carbocycles. The second-order valence-electron chi connectivity index (χ2n) is 4.87. The molecule has 0 bridgehead atoms. The second-order valence-corrected chi connectivity index (χ2v) is 4.87. The van der Waals surface area contributed by atoms with Crippen molar-refractivity contribution in [2.45, 2.75) is 33.3 Å². The first-order valence-electron chi connectivity index (χ1n) is 5.80. The van der Waals surface area contributed by atoms with Gasteiger partial charge in [-0.15, -0.1) is 0 Å². The van der Waals surface area contributed by atoms with Crippen LogP contribution < -0.4 is 0 Å². The monoisotopic (exact) mass is 282 g/mol. The van der Waals surface area contributed by atoms with Gasteiger partial charge in [-0.25, -0.2) is 9.59 Å². The topological polar surface area (TPSA) is 101 Å². The van der Waals surface area contributed by atoms with Crippen LogP contribution in [-0.2, 0) is 9.53 Å². The number of rotatable bonds is 2. The van der Waals surface area contributed by atoms with Gasteiger partial charge >= 0.3 is 11.9 Å². The normalized spacial score (nSPS) is 10.0. The van der Waals surface area contributed by atoms with Gasteiger partial charge in [0.1, 0.15) is 5.60 Å². The quantitative estimate of drug-likeness (QED) is 0.808. The molecular weight excluding hydrogens is 264 g/mol. The number of ether oxygens (including phenoxy) is 1. The molecule has 0 atom stereocenters. The molecule has 1 rings (SSSR count). The molecule has 1 aromatic carbocycles. The number of benzene rings is 1. The van der Waals surface area contributed by atoms with Gasteiger partial charge in [0.05, 0.1) is 11.1 Å². The number of hydrogen-bond acceptors (Lipinski definition) is 4. The Morgan fingerprint density at radius 2 is 1.40 bits per heavy atom. The van der Waals surface area contributed by atoms with Gasteiger partial charge in [0, 0.05) is 6.92 Å². The van der Waals surface area contributed by atoms with E-state index in [-0.39, 0.29) is 11.1 Å². The zero-order chi connectivity index (χ0) is 15.9. The van der Waals surface area contributed by atoms with E-state index in [1.54, 1.807) is 32.9 Å². The minimum absolute atomic E-state index is 0.0447. The van der Waals surface area contributed by atoms with E-state index < -0.39 is 23.5 Å². The van der Waals surface area contributed by atoms with Crippen LogP contribution in [-0.4, -0.2) is 33.7 Å². The number of aromatic carboxylic acids is 1. The van der Waals surface area contributed by atoms with E-state index in [4.69, 9.17) is 19.7 Å². The first kappa shape index (κ1) is 17.6. The summed E-state index contributed by atoms with van der Waals surface area (Å²) in [5.41, 5.74) is -0.607. The maximum atomic E-state index is 11.7. The lowest BCUT2D eigenvalue weighted by atomic mass is 10.1. The van der Waals surface area contributed by atoms with Crippen molar-refractivity contribution in [3.63, 3.8) is 0 Å². The molecular formula is C14H18O6. The smallest absolute Gasteiger partial charge is 0.339 e. The van der Waals surface area contributed by atoms with Crippen molar-refractivity contribution < 1.29 is 29.3 Å². The summed E-state index contributed by atoms with van der Waals surface area (Å²) in [5.74, 6) is -2.59. The van der Waals surface area contributed by atoms with Crippen LogP contribution in [0.25, 0.3) is 0 Å². The Kier molecular flexibility index (Phi) is 6.41. The Hall–Kier alpha value is -2.37. The lowest BCUT2D eigenvalue weighted by Crippen LogP contribution is -2.25. The highest BCUT2D eigenvalue weighted by atomic mass is 16.6. The summed E-state index contributed by atoms with van der Waals surface area (Å²) in [6, 6.07) is 5.99. The maximum absolute atomic E-state index is 11.7. The standard InChI is InChI=1S/C12H14O4.C2H4O2/c1-12(2,3)16-11(15)9-7-5-4-6-8(9)10(13)14;1-2(3)4/h4-7H,1-3H3,(H,13,14);1H3,(H,3,4). The van der Waals surface area contributed by atoms with Crippen LogP contribution in [0.4, 0.5) is 0 Å². The van der Waals surface area contributed by atoms with Gasteiger partial charge in [-0.1, -0.05) is 12.1 Å². The van der Waals surface area contributed by atoms with Crippen molar-refractivity contribution in [1.29, 1.82) is 0 Å². The Morgan fingerprint density at radius 3 is 1.75 bits per heavy atom. The lowest BCUT2D eigenvalue weighted by Gasteiger charge is -2.19. The molecule has 2 N–H and O–H groups in total. The largest absolute Gasteiger partial charge is 0.481 e. The molecule has 0 aromatic heterocycles. The third kappa shape index (κ3) is 7.15. The van der Waals surface area contributed by atoms with Crippen LogP contribution in [0.1, 0.15) is 48.4 Å². The van der Waals surface area contributed by atoms with Crippen LogP contribution in [0.2, 0.25) is 0 Å². The fraction of sp³-hybridized carbons (Fsp3) is 0.357. The zero-order valence-electron chi connectivity index (χ0n) is 11.8. The molecule has 0 aliphatic carbocycles. The number of carbonyl (C=O) groups is 3. The summed E-state index contributed by atoms with van der Waals surface area (Å²) in [7, 11) is 0. The molecule has 6 nitrogen and oxygen atoms in total. The van der Waals surface area contributed by atoms with E-state index in [1.807, 2.05) is 0 Å². The zero-order valence-corrected chi connectivity index (χ0v) is 11.8. The Balaban J connectivity index is 0.000000796. The number of carbonyl (C=O) groups excluding carboxylic acids is 1. The van der Waals surface area contributed by atoms with E-state index in [0.29, 0.717) is 0 Å². The molecule has 0 radical (unpaired) electrons. The van der Waals surface area contributed by atoms with Crippen LogP contribution in [0.15, 0.2) is 24.3 Å². The minimum atomic E-state index is -1.14. The molecule has 0 aliphatic rings. The highest BCUT2D eigenvalue weighted by Gasteiger charge is 2.22. The summed E-state index contributed by atoms with van der Waals surface area (Å²) in [6.45, 7) is 6.27. The third-order valence-electron chi connectivity index (χ3n) is 1.78. The van der Waals surface area contributed by atoms with Crippen molar-refractivity contribution >= 4 is 17.9 Å². The van der Waals surface area contributed by atoms with Gasteiger partial charge in [0.15, 0.2) is 0 Å². The average Bonchev–Trinajstić information content (AvgIpc) is 2.25. The van der Waals surface area contributed by atoms with Crippen LogP contribution in [0, 0.1) is 0 Å². The Labute approximate surface area is 117 Å². The van der Waals surface area contributed by atoms with Crippen molar-refractivity contribution in [3.05, 3.63) is 35.4 Å². The van der Waals surface area contributed by atoms with Gasteiger partial charge in [-0.2, -0.15) is 0 Å². The molecule has 0 aliphatic heterocycles. The van der Waals surface area contributed by atoms with Gasteiger partial charge in [0.25, 0.3) is 5.97 Å². The Bertz CT molecular complexity index is 495. The fourth-order valence-corrected chi connectivity index (χ4v) is 1.18. The van der Waals surface area contributed by atoms with E-state index in [2.05, 4.69) is 0 Å². The SMILES string of the molecule is CC(=O)O.CC(C)(C)OC(=O)c1ccccc1C(=O)O. The van der Waals surface area contributed by atoms with Crippen LogP contribution >= 0.6 is 0 Å². The summed E-state index contributed by atoms with van der Waals surface area (Å²) in [6.07, 6.45) is 0. The van der Waals surface area contributed by atoms with Crippen molar-refractivity contribution in [1.82, 2.24) is 0 Å². The second kappa shape index (κ2) is 7.28. The molecule has 0 fully saturated rings. The van der Waals surface area contributed by atoms with Gasteiger partial charge < -0.3 is 14.9 Å². The molecule has 0 amide bonds. The summed E-state index contributed by atoms with van der Waals surface area (Å²) in [4.78, 5) is 31.6. The predicted octanol–water partition coefficient (Wildman–Crippen LogP) is 2.43. The highest BCUT2D eigenvalue weighted by Crippen LogP contribution is 2.15. The number of aliphatic carboxylic acids is 1. The number of hydrogen-bond donors (Lipinski definition) is 2. The molecule has 110 valence electrons. The Morgan fingerprint density at radius 1 is 1.00 bits per heavy atom. The van der Waals surface area contributed by atoms with Crippen molar-refractivity contribution in [2.75, 3.05) is 0 Å². The van der Waals surface area contributed by atoms with Gasteiger partial charge in [-0.3, -0.25) is 4.79 Å². The average molecular weight is 282 g/mol. The van der Waals surface area contributed by atoms with Crippen LogP contribution in [0.5, 0.6) is 0 Å². The van der Waals surface area contributed by atoms with E-state index in [9.17, 15) is 9.59 Å².